The fourth-order valence-electron chi connectivity index (χ4n) is 2.42. The van der Waals surface area contributed by atoms with Gasteiger partial charge in [0, 0.05) is 6.54 Å². The van der Waals surface area contributed by atoms with Crippen LogP contribution in [0.4, 0.5) is 5.69 Å². The Morgan fingerprint density at radius 2 is 1.77 bits per heavy atom. The van der Waals surface area contributed by atoms with E-state index >= 15 is 0 Å². The Kier molecular flexibility index (Phi) is 6.41. The Bertz CT molecular complexity index is 606. The van der Waals surface area contributed by atoms with Crippen LogP contribution in [0, 0.1) is 13.8 Å². The number of anilines is 1. The standard InChI is InChI=1S/C16H26N2O3S/c1-6-7-8-17-16(19)14(4)18(22(5,20)21)15-10-12(2)9-13(3)11-15/h9-11,14H,6-8H2,1-5H3,(H,17,19). The lowest BCUT2D eigenvalue weighted by Crippen LogP contribution is -2.48. The molecule has 1 atom stereocenters. The molecule has 1 unspecified atom stereocenters. The number of nitrogens with one attached hydrogen (secondary N) is 1. The third-order valence-corrected chi connectivity index (χ3v) is 4.62. The van der Waals surface area contributed by atoms with Gasteiger partial charge in [0.25, 0.3) is 0 Å². The highest BCUT2D eigenvalue weighted by atomic mass is 32.2. The number of carbonyl (C=O) groups is 1. The smallest absolute Gasteiger partial charge is 0.243 e. The average Bonchev–Trinajstić information content (AvgIpc) is 2.36. The van der Waals surface area contributed by atoms with Crippen molar-refractivity contribution < 1.29 is 13.2 Å². The molecule has 1 aromatic carbocycles. The molecule has 0 radical (unpaired) electrons. The van der Waals surface area contributed by atoms with Crippen molar-refractivity contribution in [1.82, 2.24) is 5.32 Å². The van der Waals surface area contributed by atoms with Gasteiger partial charge in [-0.3, -0.25) is 9.10 Å². The van der Waals surface area contributed by atoms with Crippen LogP contribution in [-0.2, 0) is 14.8 Å². The molecule has 0 aliphatic heterocycles. The van der Waals surface area contributed by atoms with Crippen LogP contribution in [-0.4, -0.2) is 33.2 Å². The molecule has 0 aromatic heterocycles. The Labute approximate surface area is 133 Å². The highest BCUT2D eigenvalue weighted by Gasteiger charge is 2.29. The van der Waals surface area contributed by atoms with Crippen molar-refractivity contribution in [3.05, 3.63) is 29.3 Å². The minimum Gasteiger partial charge on any atom is -0.354 e. The van der Waals surface area contributed by atoms with Gasteiger partial charge in [-0.1, -0.05) is 19.4 Å². The molecule has 0 saturated carbocycles. The second-order valence-electron chi connectivity index (χ2n) is 5.73. The van der Waals surface area contributed by atoms with E-state index in [1.165, 1.54) is 4.31 Å². The zero-order valence-electron chi connectivity index (χ0n) is 14.0. The monoisotopic (exact) mass is 326 g/mol. The molecule has 1 amide bonds. The second-order valence-corrected chi connectivity index (χ2v) is 7.58. The first-order chi connectivity index (χ1) is 10.2. The topological polar surface area (TPSA) is 66.5 Å². The van der Waals surface area contributed by atoms with Crippen LogP contribution in [0.15, 0.2) is 18.2 Å². The molecule has 0 heterocycles. The minimum atomic E-state index is -3.55. The summed E-state index contributed by atoms with van der Waals surface area (Å²) in [6.07, 6.45) is 2.98. The van der Waals surface area contributed by atoms with E-state index in [0.29, 0.717) is 12.2 Å². The predicted molar refractivity (Wildman–Crippen MR) is 90.6 cm³/mol. The Hall–Kier alpha value is -1.56. The van der Waals surface area contributed by atoms with E-state index < -0.39 is 16.1 Å². The third-order valence-electron chi connectivity index (χ3n) is 3.38. The summed E-state index contributed by atoms with van der Waals surface area (Å²) in [7, 11) is -3.55. The molecule has 0 aliphatic rings. The van der Waals surface area contributed by atoms with E-state index in [1.807, 2.05) is 26.8 Å². The summed E-state index contributed by atoms with van der Waals surface area (Å²) in [5.74, 6) is -0.280. The fourth-order valence-corrected chi connectivity index (χ4v) is 3.58. The van der Waals surface area contributed by atoms with E-state index in [1.54, 1.807) is 19.1 Å². The fraction of sp³-hybridized carbons (Fsp3) is 0.562. The lowest BCUT2D eigenvalue weighted by Gasteiger charge is -2.28. The van der Waals surface area contributed by atoms with Crippen molar-refractivity contribution in [3.63, 3.8) is 0 Å². The number of sulfonamides is 1. The van der Waals surface area contributed by atoms with Crippen LogP contribution in [0.2, 0.25) is 0 Å². The van der Waals surface area contributed by atoms with Crippen LogP contribution < -0.4 is 9.62 Å². The molecule has 0 aliphatic carbocycles. The van der Waals surface area contributed by atoms with Crippen molar-refractivity contribution in [3.8, 4) is 0 Å². The highest BCUT2D eigenvalue weighted by Crippen LogP contribution is 2.23. The maximum Gasteiger partial charge on any atom is 0.243 e. The van der Waals surface area contributed by atoms with Gasteiger partial charge in [0.1, 0.15) is 6.04 Å². The first-order valence-corrected chi connectivity index (χ1v) is 9.37. The van der Waals surface area contributed by atoms with Crippen LogP contribution in [0.3, 0.4) is 0 Å². The number of hydrogen-bond acceptors (Lipinski definition) is 3. The molecular formula is C16H26N2O3S. The average molecular weight is 326 g/mol. The number of nitrogens with zero attached hydrogens (tertiary/aromatic N) is 1. The van der Waals surface area contributed by atoms with E-state index in [4.69, 9.17) is 0 Å². The molecule has 5 nitrogen and oxygen atoms in total. The lowest BCUT2D eigenvalue weighted by atomic mass is 10.1. The molecule has 0 bridgehead atoms. The summed E-state index contributed by atoms with van der Waals surface area (Å²) in [4.78, 5) is 12.2. The van der Waals surface area contributed by atoms with Crippen molar-refractivity contribution in [2.45, 2.75) is 46.6 Å². The van der Waals surface area contributed by atoms with Crippen molar-refractivity contribution in [1.29, 1.82) is 0 Å². The van der Waals surface area contributed by atoms with Gasteiger partial charge in [0.15, 0.2) is 0 Å². The van der Waals surface area contributed by atoms with Gasteiger partial charge < -0.3 is 5.32 Å². The number of unbranched alkanes of at least 4 members (excludes halogenated alkanes) is 1. The van der Waals surface area contributed by atoms with E-state index in [2.05, 4.69) is 5.32 Å². The first-order valence-electron chi connectivity index (χ1n) is 7.52. The molecule has 0 saturated heterocycles. The van der Waals surface area contributed by atoms with Gasteiger partial charge in [-0.25, -0.2) is 8.42 Å². The zero-order valence-corrected chi connectivity index (χ0v) is 14.8. The molecule has 1 N–H and O–H groups in total. The molecule has 6 heteroatoms. The van der Waals surface area contributed by atoms with Gasteiger partial charge in [-0.2, -0.15) is 0 Å². The van der Waals surface area contributed by atoms with E-state index in [-0.39, 0.29) is 5.91 Å². The summed E-state index contributed by atoms with van der Waals surface area (Å²) in [6.45, 7) is 8.02. The molecule has 1 aromatic rings. The molecule has 0 fully saturated rings. The van der Waals surface area contributed by atoms with Gasteiger partial charge in [-0.15, -0.1) is 0 Å². The van der Waals surface area contributed by atoms with Crippen LogP contribution >= 0.6 is 0 Å². The first kappa shape index (κ1) is 18.5. The van der Waals surface area contributed by atoms with E-state index in [9.17, 15) is 13.2 Å². The summed E-state index contributed by atoms with van der Waals surface area (Å²) in [5.41, 5.74) is 2.45. The van der Waals surface area contributed by atoms with Crippen LogP contribution in [0.25, 0.3) is 0 Å². The lowest BCUT2D eigenvalue weighted by molar-refractivity contribution is -0.121. The van der Waals surface area contributed by atoms with E-state index in [0.717, 1.165) is 30.2 Å². The molecular weight excluding hydrogens is 300 g/mol. The number of rotatable bonds is 7. The maximum atomic E-state index is 12.2. The van der Waals surface area contributed by atoms with Gasteiger partial charge >= 0.3 is 0 Å². The largest absolute Gasteiger partial charge is 0.354 e. The summed E-state index contributed by atoms with van der Waals surface area (Å²) >= 11 is 0. The van der Waals surface area contributed by atoms with Gasteiger partial charge in [0.2, 0.25) is 15.9 Å². The van der Waals surface area contributed by atoms with Crippen LogP contribution in [0.1, 0.15) is 37.8 Å². The number of benzene rings is 1. The maximum absolute atomic E-state index is 12.2. The zero-order chi connectivity index (χ0) is 16.9. The summed E-state index contributed by atoms with van der Waals surface area (Å²) in [6, 6.07) is 4.75. The molecule has 124 valence electrons. The Balaban J connectivity index is 3.11. The molecule has 22 heavy (non-hydrogen) atoms. The predicted octanol–water partition coefficient (Wildman–Crippen LogP) is 2.37. The summed E-state index contributed by atoms with van der Waals surface area (Å²) in [5, 5.41) is 2.79. The SMILES string of the molecule is CCCCNC(=O)C(C)N(c1cc(C)cc(C)c1)S(C)(=O)=O. The van der Waals surface area contributed by atoms with Gasteiger partial charge in [0.05, 0.1) is 11.9 Å². The molecule has 0 spiro atoms. The van der Waals surface area contributed by atoms with Gasteiger partial charge in [-0.05, 0) is 50.5 Å². The highest BCUT2D eigenvalue weighted by molar-refractivity contribution is 7.92. The Morgan fingerprint density at radius 3 is 2.23 bits per heavy atom. The number of hydrogen-bond donors (Lipinski definition) is 1. The van der Waals surface area contributed by atoms with Crippen molar-refractivity contribution in [2.75, 3.05) is 17.1 Å². The third kappa shape index (κ3) is 5.02. The molecule has 1 rings (SSSR count). The summed E-state index contributed by atoms with van der Waals surface area (Å²) < 4.78 is 25.5. The van der Waals surface area contributed by atoms with Crippen LogP contribution in [0.5, 0.6) is 0 Å². The second kappa shape index (κ2) is 7.63. The quantitative estimate of drug-likeness (QED) is 0.782. The number of amides is 1. The number of aryl methyl sites for hydroxylation is 2. The normalized spacial score (nSPS) is 12.8. The Morgan fingerprint density at radius 1 is 1.23 bits per heavy atom. The number of carbonyl (C=O) groups excluding carboxylic acids is 1. The van der Waals surface area contributed by atoms with Crippen molar-refractivity contribution in [2.24, 2.45) is 0 Å². The van der Waals surface area contributed by atoms with Crippen molar-refractivity contribution >= 4 is 21.6 Å². The minimum absolute atomic E-state index is 0.280.